The number of hydrogen-bond acceptors (Lipinski definition) is 1. The van der Waals surface area contributed by atoms with Crippen molar-refractivity contribution in [3.05, 3.63) is 0 Å². The highest BCUT2D eigenvalue weighted by atomic mass is 19.4. The van der Waals surface area contributed by atoms with Gasteiger partial charge in [0.25, 0.3) is 6.17 Å². The molecule has 0 saturated heterocycles. The first kappa shape index (κ1) is 16.3. The zero-order chi connectivity index (χ0) is 13.9. The van der Waals surface area contributed by atoms with E-state index < -0.39 is 44.1 Å². The van der Waals surface area contributed by atoms with Crippen LogP contribution in [0.2, 0.25) is 0 Å². The second-order valence-corrected chi connectivity index (χ2v) is 3.08. The van der Waals surface area contributed by atoms with E-state index in [0.717, 1.165) is 0 Å². The molecule has 0 aromatic heterocycles. The fourth-order valence-electron chi connectivity index (χ4n) is 0.709. The Morgan fingerprint density at radius 2 is 1.35 bits per heavy atom. The van der Waals surface area contributed by atoms with Crippen LogP contribution in [0.15, 0.2) is 0 Å². The zero-order valence-electron chi connectivity index (χ0n) is 8.01. The molecule has 0 saturated carbocycles. The van der Waals surface area contributed by atoms with Crippen molar-refractivity contribution in [2.75, 3.05) is 13.2 Å². The van der Waals surface area contributed by atoms with Gasteiger partial charge in [0.05, 0.1) is 13.0 Å². The normalized spacial score (nSPS) is 16.1. The minimum absolute atomic E-state index is 1.26. The molecule has 0 bridgehead atoms. The van der Waals surface area contributed by atoms with Crippen LogP contribution in [0.1, 0.15) is 6.42 Å². The third-order valence-corrected chi connectivity index (χ3v) is 1.48. The van der Waals surface area contributed by atoms with Crippen LogP contribution >= 0.6 is 0 Å². The molecule has 0 aliphatic rings. The first-order chi connectivity index (χ1) is 7.36. The van der Waals surface area contributed by atoms with Crippen LogP contribution in [-0.2, 0) is 4.74 Å². The van der Waals surface area contributed by atoms with E-state index in [1.165, 1.54) is 0 Å². The molecule has 17 heavy (non-hydrogen) atoms. The molecule has 1 atom stereocenters. The van der Waals surface area contributed by atoms with Gasteiger partial charge in [-0.25, -0.2) is 13.2 Å². The molecule has 0 radical (unpaired) electrons. The maximum Gasteiger partial charge on any atom is 0.425 e. The predicted molar refractivity (Wildman–Crippen MR) is 37.4 cm³/mol. The molecule has 1 unspecified atom stereocenters. The second kappa shape index (κ2) is 5.32. The minimum Gasteiger partial charge on any atom is -0.375 e. The second-order valence-electron chi connectivity index (χ2n) is 3.08. The molecule has 0 N–H and O–H groups in total. The summed E-state index contributed by atoms with van der Waals surface area (Å²) < 4.78 is 110. The van der Waals surface area contributed by atoms with Crippen molar-refractivity contribution in [1.29, 1.82) is 0 Å². The first-order valence-electron chi connectivity index (χ1n) is 4.09. The smallest absolute Gasteiger partial charge is 0.375 e. The molecular weight excluding hydrogens is 271 g/mol. The highest BCUT2D eigenvalue weighted by Gasteiger charge is 2.56. The largest absolute Gasteiger partial charge is 0.425 e. The quantitative estimate of drug-likeness (QED) is 0.552. The van der Waals surface area contributed by atoms with Crippen molar-refractivity contribution >= 4 is 0 Å². The average Bonchev–Trinajstić information content (AvgIpc) is 2.08. The molecule has 0 fully saturated rings. The van der Waals surface area contributed by atoms with Gasteiger partial charge < -0.3 is 4.74 Å². The van der Waals surface area contributed by atoms with Gasteiger partial charge in [0.1, 0.15) is 6.61 Å². The summed E-state index contributed by atoms with van der Waals surface area (Å²) in [6.45, 7) is -3.33. The predicted octanol–water partition coefficient (Wildman–Crippen LogP) is 3.49. The molecule has 0 amide bonds. The van der Waals surface area contributed by atoms with Gasteiger partial charge in [0, 0.05) is 0 Å². The Balaban J connectivity index is 4.11. The monoisotopic (exact) mass is 278 g/mol. The van der Waals surface area contributed by atoms with Gasteiger partial charge >= 0.3 is 18.3 Å². The molecule has 0 rings (SSSR count). The summed E-state index contributed by atoms with van der Waals surface area (Å²) in [4.78, 5) is 0. The molecule has 0 aromatic carbocycles. The molecule has 104 valence electrons. The van der Waals surface area contributed by atoms with Gasteiger partial charge in [-0.3, -0.25) is 0 Å². The topological polar surface area (TPSA) is 9.23 Å². The fourth-order valence-corrected chi connectivity index (χ4v) is 0.709. The molecule has 1 nitrogen and oxygen atoms in total. The number of ether oxygens (including phenoxy) is 1. The zero-order valence-corrected chi connectivity index (χ0v) is 8.01. The van der Waals surface area contributed by atoms with Gasteiger partial charge in [-0.1, -0.05) is 0 Å². The van der Waals surface area contributed by atoms with Crippen molar-refractivity contribution in [2.45, 2.75) is 30.9 Å². The minimum atomic E-state index is -5.79. The van der Waals surface area contributed by atoms with Gasteiger partial charge in [0.2, 0.25) is 0 Å². The first-order valence-corrected chi connectivity index (χ1v) is 4.09. The lowest BCUT2D eigenvalue weighted by atomic mass is 10.2. The molecule has 0 aliphatic carbocycles. The van der Waals surface area contributed by atoms with Crippen molar-refractivity contribution in [1.82, 2.24) is 0 Å². The lowest BCUT2D eigenvalue weighted by molar-refractivity contribution is -0.256. The third kappa shape index (κ3) is 6.59. The number of halogens is 9. The highest BCUT2D eigenvalue weighted by molar-refractivity contribution is 4.82. The van der Waals surface area contributed by atoms with Crippen LogP contribution in [0.5, 0.6) is 0 Å². The van der Waals surface area contributed by atoms with Gasteiger partial charge in [-0.15, -0.1) is 0 Å². The van der Waals surface area contributed by atoms with Crippen molar-refractivity contribution in [3.8, 4) is 0 Å². The average molecular weight is 278 g/mol. The Labute approximate surface area is 89.5 Å². The Bertz CT molecular complexity index is 230. The maximum absolute atomic E-state index is 12.4. The van der Waals surface area contributed by atoms with E-state index in [4.69, 9.17) is 0 Å². The van der Waals surface area contributed by atoms with Crippen molar-refractivity contribution in [3.63, 3.8) is 0 Å². The van der Waals surface area contributed by atoms with E-state index in [1.807, 2.05) is 0 Å². The summed E-state index contributed by atoms with van der Waals surface area (Å²) >= 11 is 0. The summed E-state index contributed by atoms with van der Waals surface area (Å²) in [6, 6.07) is 0. The standard InChI is InChI=1S/C7H7F9O/c8-4(7(14,15)16)5(9,10)3-17-2-1-6(11,12)13/h4H,1-3H2. The molecule has 10 heteroatoms. The van der Waals surface area contributed by atoms with Gasteiger partial charge in [-0.2, -0.15) is 26.3 Å². The molecule has 0 aromatic rings. The summed E-state index contributed by atoms with van der Waals surface area (Å²) in [7, 11) is 0. The van der Waals surface area contributed by atoms with E-state index in [0.29, 0.717) is 0 Å². The maximum atomic E-state index is 12.4. The lowest BCUT2D eigenvalue weighted by Crippen LogP contribution is -2.44. The summed E-state index contributed by atoms with van der Waals surface area (Å²) in [6.07, 6.45) is -16.6. The Hall–Kier alpha value is -0.670. The van der Waals surface area contributed by atoms with E-state index in [1.54, 1.807) is 0 Å². The number of rotatable bonds is 5. The van der Waals surface area contributed by atoms with E-state index in [9.17, 15) is 39.5 Å². The summed E-state index contributed by atoms with van der Waals surface area (Å²) in [5.74, 6) is -4.91. The molecular formula is C7H7F9O. The van der Waals surface area contributed by atoms with Crippen LogP contribution < -0.4 is 0 Å². The Morgan fingerprint density at radius 1 is 0.882 bits per heavy atom. The Morgan fingerprint density at radius 3 is 1.71 bits per heavy atom. The van der Waals surface area contributed by atoms with Crippen LogP contribution in [-0.4, -0.2) is 37.7 Å². The van der Waals surface area contributed by atoms with E-state index in [2.05, 4.69) is 4.74 Å². The number of hydrogen-bond donors (Lipinski definition) is 0. The van der Waals surface area contributed by atoms with Crippen LogP contribution in [0, 0.1) is 0 Å². The van der Waals surface area contributed by atoms with Crippen molar-refractivity contribution in [2.24, 2.45) is 0 Å². The summed E-state index contributed by atoms with van der Waals surface area (Å²) in [5, 5.41) is 0. The highest BCUT2D eigenvalue weighted by Crippen LogP contribution is 2.35. The summed E-state index contributed by atoms with van der Waals surface area (Å²) in [5.41, 5.74) is 0. The molecule has 0 heterocycles. The Kier molecular flexibility index (Phi) is 5.11. The molecule has 0 spiro atoms. The lowest BCUT2D eigenvalue weighted by Gasteiger charge is -2.22. The SMILES string of the molecule is FC(C(F)(F)F)C(F)(F)COCCC(F)(F)F. The van der Waals surface area contributed by atoms with E-state index >= 15 is 0 Å². The molecule has 0 aliphatic heterocycles. The van der Waals surface area contributed by atoms with Crippen molar-refractivity contribution < 1.29 is 44.3 Å². The van der Waals surface area contributed by atoms with Crippen LogP contribution in [0.4, 0.5) is 39.5 Å². The van der Waals surface area contributed by atoms with Crippen LogP contribution in [0.3, 0.4) is 0 Å². The van der Waals surface area contributed by atoms with Gasteiger partial charge in [-0.05, 0) is 0 Å². The van der Waals surface area contributed by atoms with E-state index in [-0.39, 0.29) is 0 Å². The fraction of sp³-hybridized carbons (Fsp3) is 1.00. The van der Waals surface area contributed by atoms with Crippen LogP contribution in [0.25, 0.3) is 0 Å². The third-order valence-electron chi connectivity index (χ3n) is 1.48. The van der Waals surface area contributed by atoms with Gasteiger partial charge in [0.15, 0.2) is 0 Å². The number of alkyl halides is 9.